The zero-order valence-corrected chi connectivity index (χ0v) is 13.7. The Labute approximate surface area is 140 Å². The van der Waals surface area contributed by atoms with E-state index in [0.717, 1.165) is 5.56 Å². The number of carbonyl (C=O) groups excluding carboxylic acids is 2. The van der Waals surface area contributed by atoms with Gasteiger partial charge in [-0.25, -0.2) is 4.79 Å². The lowest BCUT2D eigenvalue weighted by atomic mass is 9.87. The van der Waals surface area contributed by atoms with Crippen LogP contribution in [0.15, 0.2) is 30.3 Å². The molecule has 24 heavy (non-hydrogen) atoms. The highest BCUT2D eigenvalue weighted by Gasteiger charge is 2.53. The number of amides is 2. The summed E-state index contributed by atoms with van der Waals surface area (Å²) in [5.74, 6) is -2.05. The third kappa shape index (κ3) is 3.56. The second-order valence-corrected chi connectivity index (χ2v) is 6.23. The summed E-state index contributed by atoms with van der Waals surface area (Å²) in [4.78, 5) is 37.1. The summed E-state index contributed by atoms with van der Waals surface area (Å²) in [5.41, 5.74) is -0.760. The Morgan fingerprint density at radius 1 is 1.33 bits per heavy atom. The summed E-state index contributed by atoms with van der Waals surface area (Å²) in [6, 6.07) is 8.12. The number of hydrogen-bond donors (Lipinski definition) is 3. The van der Waals surface area contributed by atoms with E-state index in [1.54, 1.807) is 24.3 Å². The van der Waals surface area contributed by atoms with Gasteiger partial charge in [0.05, 0.1) is 6.10 Å². The minimum absolute atomic E-state index is 0.0459. The van der Waals surface area contributed by atoms with Gasteiger partial charge in [0.15, 0.2) is 0 Å². The molecule has 0 aliphatic carbocycles. The van der Waals surface area contributed by atoms with Crippen LogP contribution in [0.4, 0.5) is 0 Å². The van der Waals surface area contributed by atoms with Crippen LogP contribution in [0.2, 0.25) is 0 Å². The number of β-amino-alcohol motifs (C(OH)–C–C–N with tert-alkyl or cyclic N) is 1. The number of aliphatic hydroxyl groups excluding tert-OH is 1. The molecule has 1 saturated heterocycles. The molecule has 2 rings (SSSR count). The first-order valence-electron chi connectivity index (χ1n) is 7.80. The van der Waals surface area contributed by atoms with Gasteiger partial charge in [0.25, 0.3) is 0 Å². The summed E-state index contributed by atoms with van der Waals surface area (Å²) in [7, 11) is 0. The SMILES string of the molecule is CC(=O)NC(C)C(=O)N1C[C@H](O)C[C@@]1(Cc1ccccc1)C(=O)O. The van der Waals surface area contributed by atoms with E-state index in [0.29, 0.717) is 0 Å². The van der Waals surface area contributed by atoms with Gasteiger partial charge in [-0.05, 0) is 12.5 Å². The molecule has 130 valence electrons. The van der Waals surface area contributed by atoms with E-state index in [1.807, 2.05) is 6.07 Å². The number of hydrogen-bond acceptors (Lipinski definition) is 4. The molecule has 7 nitrogen and oxygen atoms in total. The van der Waals surface area contributed by atoms with Gasteiger partial charge in [-0.3, -0.25) is 9.59 Å². The van der Waals surface area contributed by atoms with Crippen molar-refractivity contribution >= 4 is 17.8 Å². The van der Waals surface area contributed by atoms with Crippen molar-refractivity contribution < 1.29 is 24.6 Å². The molecule has 1 aromatic rings. The van der Waals surface area contributed by atoms with Gasteiger partial charge < -0.3 is 20.4 Å². The van der Waals surface area contributed by atoms with Gasteiger partial charge in [-0.15, -0.1) is 0 Å². The molecule has 1 fully saturated rings. The fourth-order valence-corrected chi connectivity index (χ4v) is 3.23. The zero-order valence-electron chi connectivity index (χ0n) is 13.7. The van der Waals surface area contributed by atoms with Crippen molar-refractivity contribution in [3.8, 4) is 0 Å². The number of nitrogens with one attached hydrogen (secondary N) is 1. The first kappa shape index (κ1) is 17.9. The smallest absolute Gasteiger partial charge is 0.330 e. The van der Waals surface area contributed by atoms with Gasteiger partial charge in [-0.2, -0.15) is 0 Å². The number of carbonyl (C=O) groups is 3. The molecule has 0 bridgehead atoms. The van der Waals surface area contributed by atoms with Crippen LogP contribution in [0.25, 0.3) is 0 Å². The van der Waals surface area contributed by atoms with Crippen LogP contribution in [0.5, 0.6) is 0 Å². The van der Waals surface area contributed by atoms with Crippen molar-refractivity contribution in [2.45, 2.75) is 44.4 Å². The largest absolute Gasteiger partial charge is 0.479 e. The van der Waals surface area contributed by atoms with Crippen molar-refractivity contribution in [2.75, 3.05) is 6.54 Å². The standard InChI is InChI=1S/C17H22N2O5/c1-11(18-12(2)20)15(22)19-10-14(21)9-17(19,16(23)24)8-13-6-4-3-5-7-13/h3-7,11,14,21H,8-10H2,1-2H3,(H,18,20)(H,23,24)/t11?,14-,17+/m1/s1. The molecule has 0 aromatic heterocycles. The summed E-state index contributed by atoms with van der Waals surface area (Å²) in [6.07, 6.45) is -0.868. The van der Waals surface area contributed by atoms with Crippen LogP contribution in [-0.2, 0) is 20.8 Å². The fraction of sp³-hybridized carbons (Fsp3) is 0.471. The molecule has 3 N–H and O–H groups in total. The van der Waals surface area contributed by atoms with Gasteiger partial charge in [-0.1, -0.05) is 30.3 Å². The van der Waals surface area contributed by atoms with Crippen LogP contribution < -0.4 is 5.32 Å². The topological polar surface area (TPSA) is 107 Å². The lowest BCUT2D eigenvalue weighted by Gasteiger charge is -2.36. The average molecular weight is 334 g/mol. The van der Waals surface area contributed by atoms with Gasteiger partial charge in [0, 0.05) is 26.3 Å². The number of benzene rings is 1. The lowest BCUT2D eigenvalue weighted by molar-refractivity contribution is -0.157. The second kappa shape index (κ2) is 7.00. The number of nitrogens with zero attached hydrogens (tertiary/aromatic N) is 1. The van der Waals surface area contributed by atoms with E-state index < -0.39 is 29.6 Å². The number of aliphatic hydroxyl groups is 1. The number of aliphatic carboxylic acids is 1. The summed E-state index contributed by atoms with van der Waals surface area (Å²) >= 11 is 0. The van der Waals surface area contributed by atoms with E-state index in [-0.39, 0.29) is 25.3 Å². The Bertz CT molecular complexity index is 633. The van der Waals surface area contributed by atoms with Crippen molar-refractivity contribution in [3.63, 3.8) is 0 Å². The zero-order chi connectivity index (χ0) is 17.9. The Hall–Kier alpha value is -2.41. The highest BCUT2D eigenvalue weighted by molar-refractivity contribution is 5.92. The van der Waals surface area contributed by atoms with Gasteiger partial charge >= 0.3 is 5.97 Å². The second-order valence-electron chi connectivity index (χ2n) is 6.23. The third-order valence-electron chi connectivity index (χ3n) is 4.28. The van der Waals surface area contributed by atoms with Crippen molar-refractivity contribution in [1.29, 1.82) is 0 Å². The normalized spacial score (nSPS) is 24.5. The average Bonchev–Trinajstić information content (AvgIpc) is 2.84. The number of carboxylic acid groups (broad SMARTS) is 1. The predicted octanol–water partition coefficient (Wildman–Crippen LogP) is 0.170. The minimum Gasteiger partial charge on any atom is -0.479 e. The molecule has 0 radical (unpaired) electrons. The molecule has 2 amide bonds. The van der Waals surface area contributed by atoms with Gasteiger partial charge in [0.1, 0.15) is 11.6 Å². The van der Waals surface area contributed by atoms with Crippen molar-refractivity contribution in [1.82, 2.24) is 10.2 Å². The summed E-state index contributed by atoms with van der Waals surface area (Å²) in [5, 5.41) is 22.3. The van der Waals surface area contributed by atoms with Crippen LogP contribution in [-0.4, -0.2) is 57.1 Å². The van der Waals surface area contributed by atoms with E-state index >= 15 is 0 Å². The first-order chi connectivity index (χ1) is 11.3. The monoisotopic (exact) mass is 334 g/mol. The van der Waals surface area contributed by atoms with Crippen LogP contribution in [0.3, 0.4) is 0 Å². The summed E-state index contributed by atoms with van der Waals surface area (Å²) < 4.78 is 0. The van der Waals surface area contributed by atoms with E-state index in [2.05, 4.69) is 5.32 Å². The molecule has 7 heteroatoms. The Morgan fingerprint density at radius 3 is 2.50 bits per heavy atom. The van der Waals surface area contributed by atoms with Crippen LogP contribution >= 0.6 is 0 Å². The molecule has 0 saturated carbocycles. The van der Waals surface area contributed by atoms with E-state index in [1.165, 1.54) is 18.7 Å². The number of carboxylic acids is 1. The molecule has 1 heterocycles. The molecule has 3 atom stereocenters. The third-order valence-corrected chi connectivity index (χ3v) is 4.28. The molecule has 1 aliphatic rings. The van der Waals surface area contributed by atoms with Crippen molar-refractivity contribution in [2.24, 2.45) is 0 Å². The van der Waals surface area contributed by atoms with E-state index in [9.17, 15) is 24.6 Å². The molecule has 1 unspecified atom stereocenters. The maximum absolute atomic E-state index is 12.7. The Morgan fingerprint density at radius 2 is 1.96 bits per heavy atom. The molecular formula is C17H22N2O5. The first-order valence-corrected chi connectivity index (χ1v) is 7.80. The lowest BCUT2D eigenvalue weighted by Crippen LogP contribution is -2.58. The molecule has 0 spiro atoms. The molecule has 1 aliphatic heterocycles. The predicted molar refractivity (Wildman–Crippen MR) is 86.1 cm³/mol. The van der Waals surface area contributed by atoms with Crippen LogP contribution in [0.1, 0.15) is 25.8 Å². The maximum atomic E-state index is 12.7. The minimum atomic E-state index is -1.52. The number of rotatable bonds is 5. The highest BCUT2D eigenvalue weighted by Crippen LogP contribution is 2.34. The van der Waals surface area contributed by atoms with Crippen LogP contribution in [0, 0.1) is 0 Å². The van der Waals surface area contributed by atoms with Crippen molar-refractivity contribution in [3.05, 3.63) is 35.9 Å². The fourth-order valence-electron chi connectivity index (χ4n) is 3.23. The Balaban J connectivity index is 2.34. The molecule has 1 aromatic carbocycles. The quantitative estimate of drug-likeness (QED) is 0.712. The Kier molecular flexibility index (Phi) is 5.23. The summed E-state index contributed by atoms with van der Waals surface area (Å²) in [6.45, 7) is 2.72. The molecular weight excluding hydrogens is 312 g/mol. The highest BCUT2D eigenvalue weighted by atomic mass is 16.4. The maximum Gasteiger partial charge on any atom is 0.330 e. The van der Waals surface area contributed by atoms with E-state index in [4.69, 9.17) is 0 Å². The van der Waals surface area contributed by atoms with Gasteiger partial charge in [0.2, 0.25) is 11.8 Å². The number of likely N-dealkylation sites (tertiary alicyclic amines) is 1.